The summed E-state index contributed by atoms with van der Waals surface area (Å²) < 4.78 is 0. The monoisotopic (exact) mass is 252 g/mol. The minimum Gasteiger partial charge on any atom is -0.327 e. The van der Waals surface area contributed by atoms with E-state index in [1.165, 1.54) is 51.5 Å². The van der Waals surface area contributed by atoms with Crippen LogP contribution in [0.1, 0.15) is 58.8 Å². The Morgan fingerprint density at radius 1 is 1.00 bits per heavy atom. The van der Waals surface area contributed by atoms with Crippen molar-refractivity contribution < 1.29 is 0 Å². The number of rotatable bonds is 3. The second-order valence-electron chi connectivity index (χ2n) is 7.21. The van der Waals surface area contributed by atoms with Gasteiger partial charge in [-0.2, -0.15) is 0 Å². The molecule has 106 valence electrons. The van der Waals surface area contributed by atoms with E-state index in [1.54, 1.807) is 0 Å². The molecule has 2 nitrogen and oxygen atoms in total. The van der Waals surface area contributed by atoms with Crippen LogP contribution in [0.4, 0.5) is 0 Å². The fourth-order valence-corrected chi connectivity index (χ4v) is 4.05. The molecular weight excluding hydrogens is 220 g/mol. The molecule has 0 radical (unpaired) electrons. The van der Waals surface area contributed by atoms with Crippen molar-refractivity contribution in [2.45, 2.75) is 70.9 Å². The second kappa shape index (κ2) is 6.38. The van der Waals surface area contributed by atoms with Crippen LogP contribution in [-0.2, 0) is 0 Å². The van der Waals surface area contributed by atoms with Crippen molar-refractivity contribution in [3.8, 4) is 0 Å². The van der Waals surface area contributed by atoms with E-state index in [9.17, 15) is 0 Å². The lowest BCUT2D eigenvalue weighted by molar-refractivity contribution is 0.114. The van der Waals surface area contributed by atoms with Gasteiger partial charge in [0.25, 0.3) is 0 Å². The van der Waals surface area contributed by atoms with Gasteiger partial charge in [-0.15, -0.1) is 0 Å². The molecule has 5 unspecified atom stereocenters. The van der Waals surface area contributed by atoms with Crippen LogP contribution in [0, 0.1) is 17.8 Å². The van der Waals surface area contributed by atoms with E-state index in [2.05, 4.69) is 25.8 Å². The van der Waals surface area contributed by atoms with Gasteiger partial charge in [-0.05, 0) is 56.9 Å². The molecule has 2 rings (SSSR count). The van der Waals surface area contributed by atoms with Crippen LogP contribution in [0.25, 0.3) is 0 Å². The zero-order valence-corrected chi connectivity index (χ0v) is 12.6. The third-order valence-corrected chi connectivity index (χ3v) is 5.36. The Morgan fingerprint density at radius 2 is 1.72 bits per heavy atom. The van der Waals surface area contributed by atoms with E-state index in [0.717, 1.165) is 23.8 Å². The van der Waals surface area contributed by atoms with Crippen molar-refractivity contribution in [1.29, 1.82) is 0 Å². The standard InChI is InChI=1S/C16H32N2/c1-12-5-4-6-15(10-12)18(3)11-14-9-13(2)7-8-16(14)17/h12-16H,4-11,17H2,1-3H3. The molecule has 0 aromatic rings. The summed E-state index contributed by atoms with van der Waals surface area (Å²) in [6.45, 7) is 6.03. The normalized spacial score (nSPS) is 42.2. The van der Waals surface area contributed by atoms with Crippen molar-refractivity contribution in [3.63, 3.8) is 0 Å². The van der Waals surface area contributed by atoms with Crippen molar-refractivity contribution in [3.05, 3.63) is 0 Å². The zero-order chi connectivity index (χ0) is 13.1. The van der Waals surface area contributed by atoms with Gasteiger partial charge in [0, 0.05) is 18.6 Å². The predicted molar refractivity (Wildman–Crippen MR) is 78.5 cm³/mol. The molecular formula is C16H32N2. The summed E-state index contributed by atoms with van der Waals surface area (Å²) in [6.07, 6.45) is 9.57. The topological polar surface area (TPSA) is 29.3 Å². The Bertz CT molecular complexity index is 253. The van der Waals surface area contributed by atoms with Gasteiger partial charge in [0.1, 0.15) is 0 Å². The van der Waals surface area contributed by atoms with Crippen LogP contribution < -0.4 is 5.73 Å². The Kier molecular flexibility index (Phi) is 5.08. The number of nitrogens with two attached hydrogens (primary N) is 1. The van der Waals surface area contributed by atoms with Gasteiger partial charge in [0.15, 0.2) is 0 Å². The van der Waals surface area contributed by atoms with Gasteiger partial charge >= 0.3 is 0 Å². The summed E-state index contributed by atoms with van der Waals surface area (Å²) >= 11 is 0. The van der Waals surface area contributed by atoms with Gasteiger partial charge in [0.2, 0.25) is 0 Å². The molecule has 2 N–H and O–H groups in total. The molecule has 2 fully saturated rings. The first kappa shape index (κ1) is 14.3. The Balaban J connectivity index is 1.83. The molecule has 0 bridgehead atoms. The summed E-state index contributed by atoms with van der Waals surface area (Å²) in [5, 5.41) is 0. The second-order valence-corrected chi connectivity index (χ2v) is 7.21. The fraction of sp³-hybridized carbons (Fsp3) is 1.00. The summed E-state index contributed by atoms with van der Waals surface area (Å²) in [6, 6.07) is 1.27. The summed E-state index contributed by atoms with van der Waals surface area (Å²) in [4.78, 5) is 2.62. The van der Waals surface area contributed by atoms with E-state index < -0.39 is 0 Å². The van der Waals surface area contributed by atoms with E-state index in [0.29, 0.717) is 6.04 Å². The maximum absolute atomic E-state index is 6.32. The smallest absolute Gasteiger partial charge is 0.00948 e. The van der Waals surface area contributed by atoms with Gasteiger partial charge in [-0.25, -0.2) is 0 Å². The molecule has 5 atom stereocenters. The van der Waals surface area contributed by atoms with Crippen LogP contribution >= 0.6 is 0 Å². The highest BCUT2D eigenvalue weighted by Gasteiger charge is 2.29. The predicted octanol–water partition coefficient (Wildman–Crippen LogP) is 3.26. The van der Waals surface area contributed by atoms with Gasteiger partial charge in [0.05, 0.1) is 0 Å². The molecule has 0 spiro atoms. The molecule has 2 saturated carbocycles. The molecule has 2 aliphatic rings. The minimum atomic E-state index is 0.449. The van der Waals surface area contributed by atoms with Gasteiger partial charge < -0.3 is 10.6 Å². The highest BCUT2D eigenvalue weighted by Crippen LogP contribution is 2.31. The van der Waals surface area contributed by atoms with E-state index in [-0.39, 0.29) is 0 Å². The highest BCUT2D eigenvalue weighted by atomic mass is 15.1. The quantitative estimate of drug-likeness (QED) is 0.835. The molecule has 0 aromatic carbocycles. The Morgan fingerprint density at radius 3 is 2.44 bits per heavy atom. The molecule has 0 saturated heterocycles. The molecule has 0 aliphatic heterocycles. The van der Waals surface area contributed by atoms with Crippen molar-refractivity contribution in [2.24, 2.45) is 23.5 Å². The SMILES string of the molecule is CC1CCC(N)C(CN(C)C2CCCC(C)C2)C1. The zero-order valence-electron chi connectivity index (χ0n) is 12.6. The van der Waals surface area contributed by atoms with Gasteiger partial charge in [-0.3, -0.25) is 0 Å². The first-order valence-electron chi connectivity index (χ1n) is 8.02. The average Bonchev–Trinajstić information content (AvgIpc) is 2.34. The fourth-order valence-electron chi connectivity index (χ4n) is 4.05. The summed E-state index contributed by atoms with van der Waals surface area (Å²) in [5.41, 5.74) is 6.32. The number of hydrogen-bond donors (Lipinski definition) is 1. The van der Waals surface area contributed by atoms with E-state index >= 15 is 0 Å². The average molecular weight is 252 g/mol. The highest BCUT2D eigenvalue weighted by molar-refractivity contribution is 4.85. The largest absolute Gasteiger partial charge is 0.327 e. The summed E-state index contributed by atoms with van der Waals surface area (Å²) in [5.74, 6) is 2.54. The molecule has 0 amide bonds. The van der Waals surface area contributed by atoms with Gasteiger partial charge in [-0.1, -0.05) is 26.7 Å². The Hall–Kier alpha value is -0.0800. The number of hydrogen-bond acceptors (Lipinski definition) is 2. The maximum Gasteiger partial charge on any atom is 0.00948 e. The van der Waals surface area contributed by atoms with Crippen LogP contribution in [0.2, 0.25) is 0 Å². The van der Waals surface area contributed by atoms with E-state index in [4.69, 9.17) is 5.73 Å². The molecule has 0 heterocycles. The first-order valence-corrected chi connectivity index (χ1v) is 8.02. The lowest BCUT2D eigenvalue weighted by Crippen LogP contribution is -2.45. The van der Waals surface area contributed by atoms with Crippen molar-refractivity contribution >= 4 is 0 Å². The van der Waals surface area contributed by atoms with Crippen LogP contribution in [0.5, 0.6) is 0 Å². The van der Waals surface area contributed by atoms with Crippen molar-refractivity contribution in [1.82, 2.24) is 4.90 Å². The van der Waals surface area contributed by atoms with Crippen molar-refractivity contribution in [2.75, 3.05) is 13.6 Å². The molecule has 2 aliphatic carbocycles. The van der Waals surface area contributed by atoms with Crippen LogP contribution in [0.15, 0.2) is 0 Å². The minimum absolute atomic E-state index is 0.449. The van der Waals surface area contributed by atoms with E-state index in [1.807, 2.05) is 0 Å². The molecule has 18 heavy (non-hydrogen) atoms. The van der Waals surface area contributed by atoms with Crippen LogP contribution in [0.3, 0.4) is 0 Å². The lowest BCUT2D eigenvalue weighted by Gasteiger charge is -2.40. The first-order chi connectivity index (χ1) is 8.56. The third kappa shape index (κ3) is 3.71. The number of nitrogens with zero attached hydrogens (tertiary/aromatic N) is 1. The maximum atomic E-state index is 6.32. The third-order valence-electron chi connectivity index (χ3n) is 5.36. The van der Waals surface area contributed by atoms with Crippen LogP contribution in [-0.4, -0.2) is 30.6 Å². The summed E-state index contributed by atoms with van der Waals surface area (Å²) in [7, 11) is 2.33. The molecule has 2 heteroatoms. The lowest BCUT2D eigenvalue weighted by atomic mass is 9.78. The Labute approximate surface area is 113 Å². The molecule has 0 aromatic heterocycles.